The van der Waals surface area contributed by atoms with E-state index in [0.717, 1.165) is 19.6 Å². The number of ether oxygens (including phenoxy) is 1. The molecule has 2 aliphatic rings. The molecule has 7 nitrogen and oxygen atoms in total. The third kappa shape index (κ3) is 3.94. The van der Waals surface area contributed by atoms with Gasteiger partial charge in [-0.05, 0) is 35.4 Å². The Morgan fingerprint density at radius 3 is 2.72 bits per heavy atom. The number of nitrogen functional groups attached to an aromatic ring is 1. The first-order chi connectivity index (χ1) is 14.0. The van der Waals surface area contributed by atoms with Crippen LogP contribution >= 0.6 is 0 Å². The van der Waals surface area contributed by atoms with E-state index in [4.69, 9.17) is 10.5 Å². The van der Waals surface area contributed by atoms with E-state index in [0.29, 0.717) is 53.3 Å². The number of rotatable bonds is 5. The zero-order valence-electron chi connectivity index (χ0n) is 16.0. The summed E-state index contributed by atoms with van der Waals surface area (Å²) < 4.78 is 19.7. The minimum Gasteiger partial charge on any atom is -0.399 e. The highest BCUT2D eigenvalue weighted by atomic mass is 19.1. The average molecular weight is 398 g/mol. The van der Waals surface area contributed by atoms with Crippen molar-refractivity contribution >= 4 is 17.5 Å². The van der Waals surface area contributed by atoms with Gasteiger partial charge in [0.15, 0.2) is 0 Å². The van der Waals surface area contributed by atoms with Crippen LogP contribution in [0, 0.1) is 5.82 Å². The molecule has 2 aromatic carbocycles. The molecule has 4 rings (SSSR count). The van der Waals surface area contributed by atoms with Crippen LogP contribution in [-0.4, -0.2) is 56.1 Å². The molecule has 0 saturated carbocycles. The Hall–Kier alpha value is -2.97. The Morgan fingerprint density at radius 1 is 1.21 bits per heavy atom. The molecule has 1 fully saturated rings. The van der Waals surface area contributed by atoms with E-state index in [1.807, 2.05) is 0 Å². The van der Waals surface area contributed by atoms with E-state index < -0.39 is 5.82 Å². The number of nitrogens with one attached hydrogen (secondary N) is 2. The Kier molecular flexibility index (Phi) is 5.46. The Labute approximate surface area is 168 Å². The third-order valence-corrected chi connectivity index (χ3v) is 5.31. The molecule has 0 spiro atoms. The molecule has 0 atom stereocenters. The van der Waals surface area contributed by atoms with E-state index in [1.165, 1.54) is 6.07 Å². The summed E-state index contributed by atoms with van der Waals surface area (Å²) in [6.45, 7) is 4.53. The molecule has 2 aliphatic heterocycles. The van der Waals surface area contributed by atoms with Crippen LogP contribution in [0.4, 0.5) is 10.1 Å². The van der Waals surface area contributed by atoms with Gasteiger partial charge in [0.05, 0.1) is 24.3 Å². The van der Waals surface area contributed by atoms with Crippen molar-refractivity contribution in [1.82, 2.24) is 15.5 Å². The molecule has 152 valence electrons. The maximum Gasteiger partial charge on any atom is 0.252 e. The predicted octanol–water partition coefficient (Wildman–Crippen LogP) is 1.38. The maximum atomic E-state index is 14.4. The van der Waals surface area contributed by atoms with Gasteiger partial charge in [0.2, 0.25) is 0 Å². The van der Waals surface area contributed by atoms with Crippen LogP contribution in [0.5, 0.6) is 0 Å². The summed E-state index contributed by atoms with van der Waals surface area (Å²) in [7, 11) is 0. The van der Waals surface area contributed by atoms with Gasteiger partial charge in [-0.1, -0.05) is 6.07 Å². The summed E-state index contributed by atoms with van der Waals surface area (Å²) in [6, 6.07) is 7.72. The molecule has 4 N–H and O–H groups in total. The minimum absolute atomic E-state index is 0.252. The van der Waals surface area contributed by atoms with Crippen LogP contribution in [0.15, 0.2) is 30.3 Å². The van der Waals surface area contributed by atoms with Gasteiger partial charge in [-0.2, -0.15) is 0 Å². The number of carbonyl (C=O) groups excluding carboxylic acids is 2. The first-order valence-corrected chi connectivity index (χ1v) is 9.62. The Bertz CT molecular complexity index is 957. The molecule has 0 unspecified atom stereocenters. The monoisotopic (exact) mass is 398 g/mol. The molecule has 29 heavy (non-hydrogen) atoms. The number of halogens is 1. The number of nitrogens with two attached hydrogens (primary N) is 1. The van der Waals surface area contributed by atoms with Gasteiger partial charge < -0.3 is 21.1 Å². The second kappa shape index (κ2) is 8.18. The number of fused-ring (bicyclic) bond motifs is 1. The molecule has 2 amide bonds. The number of anilines is 1. The molecule has 0 bridgehead atoms. The lowest BCUT2D eigenvalue weighted by atomic mass is 9.92. The van der Waals surface area contributed by atoms with Crippen molar-refractivity contribution in [2.24, 2.45) is 0 Å². The lowest BCUT2D eigenvalue weighted by molar-refractivity contribution is 0.0383. The number of hydrogen-bond acceptors (Lipinski definition) is 5. The molecule has 2 aromatic rings. The molecule has 1 saturated heterocycles. The molecular formula is C21H23FN4O3. The van der Waals surface area contributed by atoms with Crippen molar-refractivity contribution in [3.05, 3.63) is 52.8 Å². The average Bonchev–Trinajstić information content (AvgIpc) is 3.10. The Morgan fingerprint density at radius 2 is 1.97 bits per heavy atom. The summed E-state index contributed by atoms with van der Waals surface area (Å²) in [4.78, 5) is 27.3. The number of benzene rings is 2. The highest BCUT2D eigenvalue weighted by molar-refractivity contribution is 6.11. The summed E-state index contributed by atoms with van der Waals surface area (Å²) in [5, 5.41) is 5.62. The third-order valence-electron chi connectivity index (χ3n) is 5.31. The van der Waals surface area contributed by atoms with Gasteiger partial charge in [0.1, 0.15) is 5.82 Å². The maximum absolute atomic E-state index is 14.4. The fourth-order valence-electron chi connectivity index (χ4n) is 3.79. The van der Waals surface area contributed by atoms with Gasteiger partial charge in [0.25, 0.3) is 11.8 Å². The number of nitrogens with zero attached hydrogens (tertiary/aromatic N) is 1. The summed E-state index contributed by atoms with van der Waals surface area (Å²) in [6.07, 6.45) is 0. The highest BCUT2D eigenvalue weighted by Crippen LogP contribution is 2.33. The fourth-order valence-corrected chi connectivity index (χ4v) is 3.79. The number of hydrogen-bond donors (Lipinski definition) is 3. The second-order valence-corrected chi connectivity index (χ2v) is 7.15. The number of amides is 2. The topological polar surface area (TPSA) is 96.7 Å². The minimum atomic E-state index is -0.464. The summed E-state index contributed by atoms with van der Waals surface area (Å²) >= 11 is 0. The molecule has 0 aliphatic carbocycles. The summed E-state index contributed by atoms with van der Waals surface area (Å²) in [5.41, 5.74) is 8.13. The van der Waals surface area contributed by atoms with Gasteiger partial charge in [-0.25, -0.2) is 4.39 Å². The summed E-state index contributed by atoms with van der Waals surface area (Å²) in [5.74, 6) is -1.10. The molecule has 2 heterocycles. The van der Waals surface area contributed by atoms with Gasteiger partial charge in [-0.15, -0.1) is 0 Å². The van der Waals surface area contributed by atoms with Crippen molar-refractivity contribution in [3.63, 3.8) is 0 Å². The lowest BCUT2D eigenvalue weighted by Gasteiger charge is -2.26. The van der Waals surface area contributed by atoms with Crippen molar-refractivity contribution in [2.45, 2.75) is 6.54 Å². The quantitative estimate of drug-likeness (QED) is 0.662. The number of carbonyl (C=O) groups is 2. The zero-order valence-corrected chi connectivity index (χ0v) is 16.0. The first-order valence-electron chi connectivity index (χ1n) is 9.62. The van der Waals surface area contributed by atoms with Crippen molar-refractivity contribution in [1.29, 1.82) is 0 Å². The normalized spacial score (nSPS) is 16.4. The van der Waals surface area contributed by atoms with Crippen LogP contribution in [0.3, 0.4) is 0 Å². The molecule has 8 heteroatoms. The smallest absolute Gasteiger partial charge is 0.252 e. The fraction of sp³-hybridized carbons (Fsp3) is 0.333. The molecule has 0 radical (unpaired) electrons. The van der Waals surface area contributed by atoms with E-state index in [-0.39, 0.29) is 18.4 Å². The zero-order chi connectivity index (χ0) is 20.4. The molecule has 0 aromatic heterocycles. The van der Waals surface area contributed by atoms with Gasteiger partial charge in [-0.3, -0.25) is 14.5 Å². The van der Waals surface area contributed by atoms with Crippen molar-refractivity contribution in [3.8, 4) is 11.1 Å². The molecular weight excluding hydrogens is 375 g/mol. The van der Waals surface area contributed by atoms with Gasteiger partial charge >= 0.3 is 0 Å². The SMILES string of the molecule is Nc1ccc(-c2ccc(C(=O)NCCN3CCOCC3)c3c2CNC3=O)c(F)c1. The largest absolute Gasteiger partial charge is 0.399 e. The standard InChI is InChI=1S/C21H23FN4O3/c22-18-11-13(23)1-2-15(18)14-3-4-16(19-17(14)12-25-21(19)28)20(27)24-5-6-26-7-9-29-10-8-26/h1-4,11H,5-10,12,23H2,(H,24,27)(H,25,28). The van der Waals surface area contributed by atoms with E-state index in [2.05, 4.69) is 15.5 Å². The van der Waals surface area contributed by atoms with Crippen LogP contribution in [0.2, 0.25) is 0 Å². The van der Waals surface area contributed by atoms with Crippen LogP contribution in [0.1, 0.15) is 26.3 Å². The van der Waals surface area contributed by atoms with Crippen molar-refractivity contribution in [2.75, 3.05) is 45.1 Å². The van der Waals surface area contributed by atoms with Crippen LogP contribution in [-0.2, 0) is 11.3 Å². The lowest BCUT2D eigenvalue weighted by Crippen LogP contribution is -2.41. The van der Waals surface area contributed by atoms with Gasteiger partial charge in [0, 0.05) is 44.0 Å². The first kappa shape index (κ1) is 19.4. The highest BCUT2D eigenvalue weighted by Gasteiger charge is 2.29. The van der Waals surface area contributed by atoms with Crippen molar-refractivity contribution < 1.29 is 18.7 Å². The van der Waals surface area contributed by atoms with E-state index >= 15 is 0 Å². The van der Waals surface area contributed by atoms with E-state index in [1.54, 1.807) is 24.3 Å². The van der Waals surface area contributed by atoms with E-state index in [9.17, 15) is 14.0 Å². The van der Waals surface area contributed by atoms with Crippen LogP contribution in [0.25, 0.3) is 11.1 Å². The van der Waals surface area contributed by atoms with Crippen LogP contribution < -0.4 is 16.4 Å². The Balaban J connectivity index is 1.56. The number of morpholine rings is 1. The predicted molar refractivity (Wildman–Crippen MR) is 107 cm³/mol. The second-order valence-electron chi connectivity index (χ2n) is 7.15.